The van der Waals surface area contributed by atoms with Crippen LogP contribution in [0.15, 0.2) is 72.8 Å². The van der Waals surface area contributed by atoms with Crippen LogP contribution in [0.5, 0.6) is 11.5 Å². The summed E-state index contributed by atoms with van der Waals surface area (Å²) in [6.07, 6.45) is 1.01. The molecule has 3 aromatic rings. The van der Waals surface area contributed by atoms with E-state index in [1.165, 1.54) is 22.3 Å². The molecular weight excluding hydrogens is 308 g/mol. The van der Waals surface area contributed by atoms with Crippen LogP contribution in [0.4, 0.5) is 0 Å². The molecule has 0 bridgehead atoms. The van der Waals surface area contributed by atoms with Crippen LogP contribution in [0.2, 0.25) is 0 Å². The Hall–Kier alpha value is -2.74. The van der Waals surface area contributed by atoms with E-state index in [0.29, 0.717) is 11.8 Å². The maximum Gasteiger partial charge on any atom is 0.161 e. The fourth-order valence-electron chi connectivity index (χ4n) is 4.06. The van der Waals surface area contributed by atoms with Crippen LogP contribution in [0, 0.1) is 0 Å². The first-order valence-corrected chi connectivity index (χ1v) is 8.66. The summed E-state index contributed by atoms with van der Waals surface area (Å²) in [6, 6.07) is 25.9. The van der Waals surface area contributed by atoms with Crippen molar-refractivity contribution in [2.45, 2.75) is 18.3 Å². The molecule has 0 fully saturated rings. The molecule has 126 valence electrons. The smallest absolute Gasteiger partial charge is 0.161 e. The van der Waals surface area contributed by atoms with E-state index >= 15 is 0 Å². The molecule has 0 radical (unpaired) electrons. The van der Waals surface area contributed by atoms with Crippen LogP contribution >= 0.6 is 0 Å². The van der Waals surface area contributed by atoms with E-state index in [-0.39, 0.29) is 0 Å². The van der Waals surface area contributed by atoms with Crippen molar-refractivity contribution < 1.29 is 9.47 Å². The quantitative estimate of drug-likeness (QED) is 0.656. The SMILES string of the molecule is COc1cc2c(cc1OC)C(c1ccccc1)C(c1ccccc1)C2. The fourth-order valence-corrected chi connectivity index (χ4v) is 4.06. The predicted octanol–water partition coefficient (Wildman–Crippen LogP) is 5.18. The molecule has 0 aromatic heterocycles. The molecule has 2 nitrogen and oxygen atoms in total. The lowest BCUT2D eigenvalue weighted by atomic mass is 9.82. The van der Waals surface area contributed by atoms with Crippen molar-refractivity contribution in [2.24, 2.45) is 0 Å². The third kappa shape index (κ3) is 2.78. The molecule has 4 rings (SSSR count). The van der Waals surface area contributed by atoms with Crippen molar-refractivity contribution in [3.05, 3.63) is 95.1 Å². The first-order chi connectivity index (χ1) is 12.3. The van der Waals surface area contributed by atoms with Crippen LogP contribution in [0.1, 0.15) is 34.1 Å². The highest BCUT2D eigenvalue weighted by Crippen LogP contribution is 2.50. The molecule has 0 spiro atoms. The number of rotatable bonds is 4. The standard InChI is InChI=1S/C23H22O2/c1-24-21-14-18-13-19(16-9-5-3-6-10-16)23(17-11-7-4-8-12-17)20(18)15-22(21)25-2/h3-12,14-15,19,23H,13H2,1-2H3. The van der Waals surface area contributed by atoms with Gasteiger partial charge in [-0.1, -0.05) is 60.7 Å². The Bertz CT molecular complexity index is 856. The van der Waals surface area contributed by atoms with Crippen LogP contribution in [0.3, 0.4) is 0 Å². The summed E-state index contributed by atoms with van der Waals surface area (Å²) in [5, 5.41) is 0. The van der Waals surface area contributed by atoms with E-state index in [0.717, 1.165) is 17.9 Å². The Labute approximate surface area is 149 Å². The van der Waals surface area contributed by atoms with Gasteiger partial charge in [0.1, 0.15) is 0 Å². The minimum atomic E-state index is 0.332. The number of benzene rings is 3. The van der Waals surface area contributed by atoms with Gasteiger partial charge in [0.25, 0.3) is 0 Å². The Kier molecular flexibility index (Phi) is 4.19. The molecule has 25 heavy (non-hydrogen) atoms. The molecule has 2 heteroatoms. The second-order valence-corrected chi connectivity index (χ2v) is 6.52. The minimum absolute atomic E-state index is 0.332. The Morgan fingerprint density at radius 3 is 1.88 bits per heavy atom. The van der Waals surface area contributed by atoms with Gasteiger partial charge >= 0.3 is 0 Å². The van der Waals surface area contributed by atoms with Gasteiger partial charge in [0.15, 0.2) is 11.5 Å². The highest BCUT2D eigenvalue weighted by molar-refractivity contribution is 5.55. The van der Waals surface area contributed by atoms with Crippen molar-refractivity contribution in [3.63, 3.8) is 0 Å². The molecule has 1 aliphatic rings. The van der Waals surface area contributed by atoms with Crippen LogP contribution in [0.25, 0.3) is 0 Å². The van der Waals surface area contributed by atoms with Crippen LogP contribution in [-0.2, 0) is 6.42 Å². The topological polar surface area (TPSA) is 18.5 Å². The van der Waals surface area contributed by atoms with Gasteiger partial charge in [-0.2, -0.15) is 0 Å². The molecule has 3 aromatic carbocycles. The normalized spacial score (nSPS) is 18.6. The van der Waals surface area contributed by atoms with Gasteiger partial charge in [-0.05, 0) is 46.7 Å². The maximum absolute atomic E-state index is 5.56. The van der Waals surface area contributed by atoms with Gasteiger partial charge in [0.2, 0.25) is 0 Å². The van der Waals surface area contributed by atoms with Gasteiger partial charge < -0.3 is 9.47 Å². The van der Waals surface area contributed by atoms with Crippen molar-refractivity contribution in [2.75, 3.05) is 14.2 Å². The lowest BCUT2D eigenvalue weighted by Crippen LogP contribution is -2.08. The highest BCUT2D eigenvalue weighted by atomic mass is 16.5. The monoisotopic (exact) mass is 330 g/mol. The largest absolute Gasteiger partial charge is 0.493 e. The number of hydrogen-bond donors (Lipinski definition) is 0. The third-order valence-corrected chi connectivity index (χ3v) is 5.21. The van der Waals surface area contributed by atoms with Gasteiger partial charge in [0, 0.05) is 5.92 Å². The Balaban J connectivity index is 1.87. The van der Waals surface area contributed by atoms with E-state index in [2.05, 4.69) is 72.8 Å². The van der Waals surface area contributed by atoms with E-state index in [4.69, 9.17) is 9.47 Å². The summed E-state index contributed by atoms with van der Waals surface area (Å²) in [5.74, 6) is 2.37. The predicted molar refractivity (Wildman–Crippen MR) is 101 cm³/mol. The summed E-state index contributed by atoms with van der Waals surface area (Å²) >= 11 is 0. The first-order valence-electron chi connectivity index (χ1n) is 8.66. The first kappa shape index (κ1) is 15.8. The van der Waals surface area contributed by atoms with Crippen LogP contribution < -0.4 is 9.47 Å². The van der Waals surface area contributed by atoms with Crippen molar-refractivity contribution in [1.29, 1.82) is 0 Å². The molecule has 0 saturated heterocycles. The number of ether oxygens (including phenoxy) is 2. The molecule has 2 atom stereocenters. The zero-order valence-electron chi connectivity index (χ0n) is 14.6. The van der Waals surface area contributed by atoms with E-state index in [9.17, 15) is 0 Å². The van der Waals surface area contributed by atoms with Crippen molar-refractivity contribution >= 4 is 0 Å². The average molecular weight is 330 g/mol. The summed E-state index contributed by atoms with van der Waals surface area (Å²) in [5.41, 5.74) is 5.42. The summed E-state index contributed by atoms with van der Waals surface area (Å²) in [7, 11) is 3.40. The fraction of sp³-hybridized carbons (Fsp3) is 0.217. The molecule has 0 heterocycles. The average Bonchev–Trinajstić information content (AvgIpc) is 3.06. The van der Waals surface area contributed by atoms with Gasteiger partial charge in [-0.3, -0.25) is 0 Å². The van der Waals surface area contributed by atoms with Crippen molar-refractivity contribution in [1.82, 2.24) is 0 Å². The van der Waals surface area contributed by atoms with Gasteiger partial charge in [-0.15, -0.1) is 0 Å². The third-order valence-electron chi connectivity index (χ3n) is 5.21. The molecule has 0 saturated carbocycles. The Morgan fingerprint density at radius 1 is 0.720 bits per heavy atom. The lowest BCUT2D eigenvalue weighted by Gasteiger charge is -2.22. The molecular formula is C23H22O2. The van der Waals surface area contributed by atoms with Crippen LogP contribution in [-0.4, -0.2) is 14.2 Å². The molecule has 0 N–H and O–H groups in total. The second-order valence-electron chi connectivity index (χ2n) is 6.52. The summed E-state index contributed by atoms with van der Waals surface area (Å²) in [6.45, 7) is 0. The summed E-state index contributed by atoms with van der Waals surface area (Å²) in [4.78, 5) is 0. The highest BCUT2D eigenvalue weighted by Gasteiger charge is 2.35. The zero-order chi connectivity index (χ0) is 17.2. The number of hydrogen-bond acceptors (Lipinski definition) is 2. The van der Waals surface area contributed by atoms with E-state index < -0.39 is 0 Å². The Morgan fingerprint density at radius 2 is 1.28 bits per heavy atom. The molecule has 0 aliphatic heterocycles. The number of methoxy groups -OCH3 is 2. The van der Waals surface area contributed by atoms with Gasteiger partial charge in [0.05, 0.1) is 14.2 Å². The molecule has 0 amide bonds. The van der Waals surface area contributed by atoms with E-state index in [1.807, 2.05) is 0 Å². The van der Waals surface area contributed by atoms with Crippen molar-refractivity contribution in [3.8, 4) is 11.5 Å². The molecule has 2 unspecified atom stereocenters. The number of fused-ring (bicyclic) bond motifs is 1. The molecule has 1 aliphatic carbocycles. The minimum Gasteiger partial charge on any atom is -0.493 e. The summed E-state index contributed by atoms with van der Waals surface area (Å²) < 4.78 is 11.1. The maximum atomic E-state index is 5.56. The van der Waals surface area contributed by atoms with E-state index in [1.54, 1.807) is 14.2 Å². The zero-order valence-corrected chi connectivity index (χ0v) is 14.6. The second kappa shape index (κ2) is 6.64. The van der Waals surface area contributed by atoms with Gasteiger partial charge in [-0.25, -0.2) is 0 Å². The lowest BCUT2D eigenvalue weighted by molar-refractivity contribution is 0.354.